The maximum Gasteiger partial charge on any atom is 0.307 e. The van der Waals surface area contributed by atoms with Crippen LogP contribution in [0.1, 0.15) is 31.9 Å². The molecule has 2 rings (SSSR count). The average Bonchev–Trinajstić information content (AvgIpc) is 3.08. The first-order chi connectivity index (χ1) is 11.2. The maximum absolute atomic E-state index is 12.7. The molecular formula is C19H28N2O3. The molecule has 0 aromatic heterocycles. The lowest BCUT2D eigenvalue weighted by molar-refractivity contribution is -0.142. The van der Waals surface area contributed by atoms with Crippen molar-refractivity contribution in [2.45, 2.75) is 33.9 Å². The van der Waals surface area contributed by atoms with Crippen molar-refractivity contribution in [1.82, 2.24) is 9.80 Å². The Kier molecular flexibility index (Phi) is 5.33. The minimum absolute atomic E-state index is 0.0488. The zero-order chi connectivity index (χ0) is 18.1. The number of rotatable bonds is 7. The normalized spacial score (nSPS) is 21.6. The van der Waals surface area contributed by atoms with Crippen molar-refractivity contribution in [2.75, 3.05) is 20.6 Å². The van der Waals surface area contributed by atoms with Crippen molar-refractivity contribution in [1.29, 1.82) is 0 Å². The molecule has 1 aromatic carbocycles. The largest absolute Gasteiger partial charge is 0.481 e. The van der Waals surface area contributed by atoms with Crippen LogP contribution in [0.4, 0.5) is 0 Å². The van der Waals surface area contributed by atoms with Gasteiger partial charge in [-0.1, -0.05) is 38.1 Å². The van der Waals surface area contributed by atoms with E-state index < -0.39 is 23.2 Å². The SMILES string of the molecule is CCN(Cc1ccc(CN(C)C)cc1)C(=O)[C@@H]1[C@H](C(=O)O)C1(C)C. The summed E-state index contributed by atoms with van der Waals surface area (Å²) in [6.45, 7) is 7.64. The monoisotopic (exact) mass is 332 g/mol. The van der Waals surface area contributed by atoms with E-state index in [1.165, 1.54) is 5.56 Å². The number of hydrogen-bond acceptors (Lipinski definition) is 3. The summed E-state index contributed by atoms with van der Waals surface area (Å²) >= 11 is 0. The highest BCUT2D eigenvalue weighted by atomic mass is 16.4. The van der Waals surface area contributed by atoms with Gasteiger partial charge < -0.3 is 14.9 Å². The zero-order valence-electron chi connectivity index (χ0n) is 15.2. The molecule has 0 heterocycles. The summed E-state index contributed by atoms with van der Waals surface area (Å²) in [6, 6.07) is 8.24. The van der Waals surface area contributed by atoms with E-state index in [-0.39, 0.29) is 5.91 Å². The summed E-state index contributed by atoms with van der Waals surface area (Å²) < 4.78 is 0. The Balaban J connectivity index is 2.04. The van der Waals surface area contributed by atoms with Gasteiger partial charge in [-0.05, 0) is 37.6 Å². The topological polar surface area (TPSA) is 60.9 Å². The van der Waals surface area contributed by atoms with Crippen molar-refractivity contribution in [3.63, 3.8) is 0 Å². The van der Waals surface area contributed by atoms with Gasteiger partial charge in [-0.2, -0.15) is 0 Å². The van der Waals surface area contributed by atoms with E-state index in [2.05, 4.69) is 17.0 Å². The summed E-state index contributed by atoms with van der Waals surface area (Å²) in [5.41, 5.74) is 1.84. The molecule has 5 heteroatoms. The molecule has 0 saturated heterocycles. The fourth-order valence-corrected chi connectivity index (χ4v) is 3.44. The molecule has 1 aliphatic rings. The molecule has 1 aromatic rings. The van der Waals surface area contributed by atoms with Crippen LogP contribution in [0, 0.1) is 17.3 Å². The van der Waals surface area contributed by atoms with Crippen LogP contribution < -0.4 is 0 Å². The third-order valence-electron chi connectivity index (χ3n) is 4.95. The molecule has 0 radical (unpaired) electrons. The van der Waals surface area contributed by atoms with Crippen LogP contribution >= 0.6 is 0 Å². The van der Waals surface area contributed by atoms with Crippen molar-refractivity contribution in [2.24, 2.45) is 17.3 Å². The standard InChI is InChI=1S/C19H28N2O3/c1-6-21(17(22)15-16(18(23)24)19(15,2)3)12-14-9-7-13(8-10-14)11-20(4)5/h7-10,15-16H,6,11-12H2,1-5H3,(H,23,24)/t15-,16+/m0/s1. The molecule has 1 aliphatic carbocycles. The highest BCUT2D eigenvalue weighted by Crippen LogP contribution is 2.59. The molecule has 1 saturated carbocycles. The highest BCUT2D eigenvalue weighted by molar-refractivity contribution is 5.91. The Morgan fingerprint density at radius 3 is 1.92 bits per heavy atom. The van der Waals surface area contributed by atoms with Gasteiger partial charge in [0.25, 0.3) is 0 Å². The quantitative estimate of drug-likeness (QED) is 0.833. The number of nitrogens with zero attached hydrogens (tertiary/aromatic N) is 2. The van der Waals surface area contributed by atoms with Gasteiger partial charge in [0.05, 0.1) is 11.8 Å². The van der Waals surface area contributed by atoms with E-state index >= 15 is 0 Å². The molecule has 0 spiro atoms. The van der Waals surface area contributed by atoms with Gasteiger partial charge in [0.15, 0.2) is 0 Å². The first-order valence-electron chi connectivity index (χ1n) is 8.42. The Bertz CT molecular complexity index is 608. The summed E-state index contributed by atoms with van der Waals surface area (Å²) in [5.74, 6) is -1.90. The van der Waals surface area contributed by atoms with E-state index in [9.17, 15) is 14.7 Å². The van der Waals surface area contributed by atoms with Crippen molar-refractivity contribution < 1.29 is 14.7 Å². The highest BCUT2D eigenvalue weighted by Gasteiger charge is 2.66. The number of hydrogen-bond donors (Lipinski definition) is 1. The zero-order valence-corrected chi connectivity index (χ0v) is 15.2. The molecular weight excluding hydrogens is 304 g/mol. The van der Waals surface area contributed by atoms with Gasteiger partial charge in [0.2, 0.25) is 5.91 Å². The van der Waals surface area contributed by atoms with Crippen LogP contribution in [0.15, 0.2) is 24.3 Å². The van der Waals surface area contributed by atoms with Crippen LogP contribution in [0.25, 0.3) is 0 Å². The molecule has 1 amide bonds. The first-order valence-corrected chi connectivity index (χ1v) is 8.42. The summed E-state index contributed by atoms with van der Waals surface area (Å²) in [7, 11) is 4.06. The van der Waals surface area contributed by atoms with E-state index in [0.29, 0.717) is 13.1 Å². The van der Waals surface area contributed by atoms with E-state index in [4.69, 9.17) is 0 Å². The Morgan fingerprint density at radius 1 is 1.04 bits per heavy atom. The van der Waals surface area contributed by atoms with Crippen molar-refractivity contribution >= 4 is 11.9 Å². The van der Waals surface area contributed by atoms with Crippen LogP contribution in [-0.4, -0.2) is 47.4 Å². The maximum atomic E-state index is 12.7. The Morgan fingerprint density at radius 2 is 1.54 bits per heavy atom. The average molecular weight is 332 g/mol. The molecule has 1 fully saturated rings. The molecule has 0 aliphatic heterocycles. The number of benzene rings is 1. The second-order valence-electron chi connectivity index (χ2n) is 7.52. The molecule has 1 N–H and O–H groups in total. The van der Waals surface area contributed by atoms with E-state index in [1.54, 1.807) is 4.90 Å². The lowest BCUT2D eigenvalue weighted by Gasteiger charge is -2.22. The van der Waals surface area contributed by atoms with Gasteiger partial charge in [-0.25, -0.2) is 0 Å². The van der Waals surface area contributed by atoms with Crippen LogP contribution in [0.2, 0.25) is 0 Å². The third kappa shape index (κ3) is 3.78. The minimum atomic E-state index is -0.873. The third-order valence-corrected chi connectivity index (χ3v) is 4.95. The number of aliphatic carboxylic acids is 1. The number of carboxylic acids is 1. The number of amides is 1. The molecule has 0 unspecified atom stereocenters. The Labute approximate surface area is 144 Å². The predicted molar refractivity (Wildman–Crippen MR) is 93.3 cm³/mol. The molecule has 132 valence electrons. The number of carbonyl (C=O) groups is 2. The molecule has 24 heavy (non-hydrogen) atoms. The summed E-state index contributed by atoms with van der Waals surface area (Å²) in [5, 5.41) is 9.28. The molecule has 5 nitrogen and oxygen atoms in total. The minimum Gasteiger partial charge on any atom is -0.481 e. The first kappa shape index (κ1) is 18.5. The van der Waals surface area contributed by atoms with Gasteiger partial charge >= 0.3 is 5.97 Å². The lowest BCUT2D eigenvalue weighted by atomic mass is 10.1. The lowest BCUT2D eigenvalue weighted by Crippen LogP contribution is -2.33. The summed E-state index contributed by atoms with van der Waals surface area (Å²) in [4.78, 5) is 27.9. The van der Waals surface area contributed by atoms with Crippen molar-refractivity contribution in [3.05, 3.63) is 35.4 Å². The predicted octanol–water partition coefficient (Wildman–Crippen LogP) is 2.45. The van der Waals surface area contributed by atoms with Gasteiger partial charge in [-0.3, -0.25) is 9.59 Å². The van der Waals surface area contributed by atoms with Crippen LogP contribution in [-0.2, 0) is 22.7 Å². The second kappa shape index (κ2) is 6.93. The fourth-order valence-electron chi connectivity index (χ4n) is 3.44. The van der Waals surface area contributed by atoms with Gasteiger partial charge in [0, 0.05) is 19.6 Å². The smallest absolute Gasteiger partial charge is 0.307 e. The number of carbonyl (C=O) groups excluding carboxylic acids is 1. The second-order valence-corrected chi connectivity index (χ2v) is 7.52. The van der Waals surface area contributed by atoms with E-state index in [1.807, 2.05) is 47.0 Å². The molecule has 0 bridgehead atoms. The molecule has 2 atom stereocenters. The number of carboxylic acid groups (broad SMARTS) is 1. The Hall–Kier alpha value is -1.88. The fraction of sp³-hybridized carbons (Fsp3) is 0.579. The van der Waals surface area contributed by atoms with Crippen LogP contribution in [0.3, 0.4) is 0 Å². The van der Waals surface area contributed by atoms with E-state index in [0.717, 1.165) is 12.1 Å². The van der Waals surface area contributed by atoms with Gasteiger partial charge in [-0.15, -0.1) is 0 Å². The van der Waals surface area contributed by atoms with Gasteiger partial charge in [0.1, 0.15) is 0 Å². The summed E-state index contributed by atoms with van der Waals surface area (Å²) in [6.07, 6.45) is 0. The van der Waals surface area contributed by atoms with Crippen molar-refractivity contribution in [3.8, 4) is 0 Å². The van der Waals surface area contributed by atoms with Crippen LogP contribution in [0.5, 0.6) is 0 Å².